The van der Waals surface area contributed by atoms with Gasteiger partial charge in [0.2, 0.25) is 15.9 Å². The summed E-state index contributed by atoms with van der Waals surface area (Å²) in [6, 6.07) is 16.2. The summed E-state index contributed by atoms with van der Waals surface area (Å²) in [5.41, 5.74) is 0.840. The predicted molar refractivity (Wildman–Crippen MR) is 178 cm³/mol. The van der Waals surface area contributed by atoms with Gasteiger partial charge in [-0.2, -0.15) is 5.26 Å². The minimum Gasteiger partial charge on any atom is -0.496 e. The quantitative estimate of drug-likeness (QED) is 0.165. The number of anilines is 1. The molecule has 50 heavy (non-hydrogen) atoms. The smallest absolute Gasteiger partial charge is 0.255 e. The molecule has 6 aromatic rings. The van der Waals surface area contributed by atoms with E-state index < -0.39 is 46.0 Å². The third-order valence-electron chi connectivity index (χ3n) is 7.89. The average Bonchev–Trinajstić information content (AvgIpc) is 3.68. The van der Waals surface area contributed by atoms with Crippen LogP contribution in [0.25, 0.3) is 56.0 Å². The van der Waals surface area contributed by atoms with Gasteiger partial charge in [0.1, 0.15) is 34.2 Å². The number of furan rings is 1. The molecule has 1 amide bonds. The number of halogens is 3. The summed E-state index contributed by atoms with van der Waals surface area (Å²) in [6.45, 7) is -0.516. The molecule has 0 saturated carbocycles. The summed E-state index contributed by atoms with van der Waals surface area (Å²) < 4.78 is 87.3. The average molecular weight is 705 g/mol. The van der Waals surface area contributed by atoms with Crippen LogP contribution in [0.4, 0.5) is 18.9 Å². The molecule has 1 atom stereocenters. The van der Waals surface area contributed by atoms with E-state index >= 15 is 0 Å². The van der Waals surface area contributed by atoms with Crippen molar-refractivity contribution in [1.82, 2.24) is 10.3 Å². The van der Waals surface area contributed by atoms with E-state index in [2.05, 4.69) is 10.3 Å². The zero-order valence-electron chi connectivity index (χ0n) is 26.6. The Morgan fingerprint density at radius 1 is 1.00 bits per heavy atom. The summed E-state index contributed by atoms with van der Waals surface area (Å²) >= 11 is 0. The summed E-state index contributed by atoms with van der Waals surface area (Å²) in [5.74, 6) is -2.72. The van der Waals surface area contributed by atoms with Gasteiger partial charge in [0, 0.05) is 41.8 Å². The van der Waals surface area contributed by atoms with Gasteiger partial charge >= 0.3 is 0 Å². The van der Waals surface area contributed by atoms with Crippen LogP contribution in [-0.2, 0) is 10.0 Å². The van der Waals surface area contributed by atoms with E-state index in [-0.39, 0.29) is 68.3 Å². The molecule has 0 saturated heterocycles. The number of benzene rings is 4. The fourth-order valence-electron chi connectivity index (χ4n) is 5.61. The molecule has 4 aromatic carbocycles. The van der Waals surface area contributed by atoms with E-state index in [0.717, 1.165) is 16.6 Å². The van der Waals surface area contributed by atoms with Crippen LogP contribution in [0.3, 0.4) is 0 Å². The number of nitriles is 1. The lowest BCUT2D eigenvalue weighted by molar-refractivity contribution is 0.0964. The van der Waals surface area contributed by atoms with Crippen molar-refractivity contribution in [3.8, 4) is 45.7 Å². The van der Waals surface area contributed by atoms with Gasteiger partial charge in [-0.05, 0) is 48.0 Å². The van der Waals surface area contributed by atoms with Crippen molar-refractivity contribution in [3.63, 3.8) is 0 Å². The number of ether oxygens (including phenoxy) is 1. The third-order valence-corrected chi connectivity index (χ3v) is 9.04. The van der Waals surface area contributed by atoms with Gasteiger partial charge in [-0.1, -0.05) is 6.07 Å². The van der Waals surface area contributed by atoms with Crippen molar-refractivity contribution in [2.75, 3.05) is 31.3 Å². The second-order valence-electron chi connectivity index (χ2n) is 11.2. The molecule has 15 heteroatoms. The maximum atomic E-state index is 14.6. The lowest BCUT2D eigenvalue weighted by Crippen LogP contribution is -2.37. The van der Waals surface area contributed by atoms with Crippen molar-refractivity contribution in [3.05, 3.63) is 89.7 Å². The van der Waals surface area contributed by atoms with Gasteiger partial charge < -0.3 is 24.0 Å². The zero-order valence-corrected chi connectivity index (χ0v) is 27.4. The molecule has 0 bridgehead atoms. The minimum atomic E-state index is -4.14. The van der Waals surface area contributed by atoms with Crippen LogP contribution in [0.1, 0.15) is 16.8 Å². The Hall–Kier alpha value is -5.85. The Morgan fingerprint density at radius 2 is 1.72 bits per heavy atom. The number of nitrogens with one attached hydrogen (secondary N) is 1. The lowest BCUT2D eigenvalue weighted by Gasteiger charge is -2.27. The maximum Gasteiger partial charge on any atom is 0.255 e. The second-order valence-corrected chi connectivity index (χ2v) is 13.1. The molecule has 0 aliphatic carbocycles. The highest BCUT2D eigenvalue weighted by molar-refractivity contribution is 7.92. The zero-order chi connectivity index (χ0) is 35.9. The molecule has 0 spiro atoms. The van der Waals surface area contributed by atoms with Crippen LogP contribution in [0.5, 0.6) is 5.75 Å². The molecule has 1 unspecified atom stereocenters. The number of carbonyl (C=O) groups is 1. The van der Waals surface area contributed by atoms with Crippen molar-refractivity contribution in [1.29, 1.82) is 5.26 Å². The van der Waals surface area contributed by atoms with Crippen molar-refractivity contribution < 1.29 is 45.1 Å². The molecule has 2 aromatic heterocycles. The molecule has 2 heterocycles. The fourth-order valence-corrected chi connectivity index (χ4v) is 6.56. The van der Waals surface area contributed by atoms with Gasteiger partial charge in [0.15, 0.2) is 11.4 Å². The van der Waals surface area contributed by atoms with E-state index in [9.17, 15) is 36.8 Å². The Balaban J connectivity index is 1.66. The molecule has 0 aliphatic heterocycles. The Morgan fingerprint density at radius 3 is 2.38 bits per heavy atom. The third kappa shape index (κ3) is 6.33. The first-order valence-electron chi connectivity index (χ1n) is 14.9. The van der Waals surface area contributed by atoms with Crippen LogP contribution in [0.15, 0.2) is 75.6 Å². The number of hydrogen-bond acceptors (Lipinski definition) is 9. The van der Waals surface area contributed by atoms with E-state index in [1.54, 1.807) is 6.07 Å². The van der Waals surface area contributed by atoms with Crippen molar-refractivity contribution in [2.45, 2.75) is 12.5 Å². The monoisotopic (exact) mass is 704 g/mol. The molecule has 0 aliphatic rings. The summed E-state index contributed by atoms with van der Waals surface area (Å²) in [5, 5.41) is 22.6. The first kappa shape index (κ1) is 34.0. The topological polar surface area (TPSA) is 159 Å². The molecule has 6 rings (SSSR count). The Kier molecular flexibility index (Phi) is 9.00. The fraction of sp³-hybridized carbons (Fsp3) is 0.171. The van der Waals surface area contributed by atoms with Crippen LogP contribution in [0, 0.1) is 28.8 Å². The van der Waals surface area contributed by atoms with Gasteiger partial charge in [0.05, 0.1) is 55.3 Å². The Bertz CT molecular complexity index is 2440. The molecule has 0 fully saturated rings. The first-order valence-corrected chi connectivity index (χ1v) is 16.7. The van der Waals surface area contributed by atoms with Crippen LogP contribution >= 0.6 is 0 Å². The van der Waals surface area contributed by atoms with E-state index in [1.807, 2.05) is 6.07 Å². The lowest BCUT2D eigenvalue weighted by atomic mass is 9.96. The predicted octanol–water partition coefficient (Wildman–Crippen LogP) is 6.40. The largest absolute Gasteiger partial charge is 0.496 e. The number of fused-ring (bicyclic) bond motifs is 2. The highest BCUT2D eigenvalue weighted by Gasteiger charge is 2.29. The summed E-state index contributed by atoms with van der Waals surface area (Å²) in [4.78, 5) is 17.6. The van der Waals surface area contributed by atoms with Crippen LogP contribution < -0.4 is 14.4 Å². The number of nitrogens with zero attached hydrogens (tertiary/aromatic N) is 3. The number of methoxy groups -OCH3 is 1. The van der Waals surface area contributed by atoms with Gasteiger partial charge in [0.25, 0.3) is 5.91 Å². The molecule has 11 nitrogen and oxygen atoms in total. The molecule has 2 N–H and O–H groups in total. The standard InChI is InChI=1S/C35H27F3N4O7S/c1-40-34(44)31-24-15-23(19-6-9-28(47-2)25(12-19)35-41-32-26(38)13-21(37)14-30(32)49-35)27(42(50(3,45)46)17-22(43)10-11-39)16-29(24)48-33(31)18-4-7-20(36)8-5-18/h4-9,12-16,22,43H,10,17H2,1-3H3,(H,40,44). The van der Waals surface area contributed by atoms with Crippen LogP contribution in [0.2, 0.25) is 0 Å². The van der Waals surface area contributed by atoms with Crippen molar-refractivity contribution in [2.24, 2.45) is 0 Å². The maximum absolute atomic E-state index is 14.6. The minimum absolute atomic E-state index is 0.00153. The van der Waals surface area contributed by atoms with Crippen molar-refractivity contribution >= 4 is 43.7 Å². The number of oxazole rings is 1. The number of amides is 1. The number of aliphatic hydroxyl groups excluding tert-OH is 1. The number of aliphatic hydroxyl groups is 1. The number of hydrogen-bond donors (Lipinski definition) is 2. The Labute approximate surface area is 283 Å². The van der Waals surface area contributed by atoms with Gasteiger partial charge in [-0.15, -0.1) is 0 Å². The van der Waals surface area contributed by atoms with Crippen LogP contribution in [-0.4, -0.2) is 57.5 Å². The van der Waals surface area contributed by atoms with E-state index in [0.29, 0.717) is 17.2 Å². The number of carbonyl (C=O) groups excluding carboxylic acids is 1. The molecule has 256 valence electrons. The first-order chi connectivity index (χ1) is 23.8. The number of rotatable bonds is 10. The van der Waals surface area contributed by atoms with Gasteiger partial charge in [-0.25, -0.2) is 26.6 Å². The molecular formula is C35H27F3N4O7S. The highest BCUT2D eigenvalue weighted by atomic mass is 32.2. The highest BCUT2D eigenvalue weighted by Crippen LogP contribution is 2.44. The number of aromatic nitrogens is 1. The van der Waals surface area contributed by atoms with E-state index in [4.69, 9.17) is 13.6 Å². The normalized spacial score (nSPS) is 12.2. The molecule has 0 radical (unpaired) electrons. The van der Waals surface area contributed by atoms with E-state index in [1.165, 1.54) is 62.7 Å². The SMILES string of the molecule is CNC(=O)c1c(-c2ccc(F)cc2)oc2cc(N(CC(O)CC#N)S(C)(=O)=O)c(-c3ccc(OC)c(-c4nc5c(F)cc(F)cc5o4)c3)cc12. The second kappa shape index (κ2) is 13.2. The summed E-state index contributed by atoms with van der Waals surface area (Å²) in [6.07, 6.45) is -0.831. The van der Waals surface area contributed by atoms with Gasteiger partial charge in [-0.3, -0.25) is 9.10 Å². The number of sulfonamides is 1. The molecular weight excluding hydrogens is 677 g/mol. The summed E-state index contributed by atoms with van der Waals surface area (Å²) in [7, 11) is -1.36.